The molecule has 1 aliphatic rings. The fraction of sp³-hybridized carbons (Fsp3) is 0.440. The SMILES string of the molecule is CCCc1c(OCCCOc2ccc3c(c2)CC[C@H]3CC(=O)O)ccc2c(C(F)(F)F)noc12. The van der Waals surface area contributed by atoms with E-state index in [1.807, 2.05) is 25.1 Å². The summed E-state index contributed by atoms with van der Waals surface area (Å²) < 4.78 is 56.2. The van der Waals surface area contributed by atoms with Crippen molar-refractivity contribution in [1.82, 2.24) is 5.16 Å². The molecule has 0 saturated heterocycles. The summed E-state index contributed by atoms with van der Waals surface area (Å²) in [6.45, 7) is 2.66. The molecule has 1 aromatic heterocycles. The number of aryl methyl sites for hydroxylation is 2. The molecule has 0 amide bonds. The van der Waals surface area contributed by atoms with Crippen LogP contribution in [0.2, 0.25) is 0 Å². The largest absolute Gasteiger partial charge is 0.493 e. The van der Waals surface area contributed by atoms with Crippen molar-refractivity contribution in [2.45, 2.75) is 57.5 Å². The molecule has 1 N–H and O–H groups in total. The first-order chi connectivity index (χ1) is 16.3. The Morgan fingerprint density at radius 2 is 2.00 bits per heavy atom. The first-order valence-electron chi connectivity index (χ1n) is 11.4. The van der Waals surface area contributed by atoms with Gasteiger partial charge in [0, 0.05) is 12.0 Å². The van der Waals surface area contributed by atoms with Crippen LogP contribution in [-0.4, -0.2) is 29.4 Å². The number of carbonyl (C=O) groups is 1. The second-order valence-electron chi connectivity index (χ2n) is 8.44. The molecular formula is C25H26F3NO5. The van der Waals surface area contributed by atoms with Crippen molar-refractivity contribution in [3.63, 3.8) is 0 Å². The summed E-state index contributed by atoms with van der Waals surface area (Å²) in [5.41, 5.74) is 1.88. The number of halogens is 3. The number of ether oxygens (including phenoxy) is 2. The minimum Gasteiger partial charge on any atom is -0.493 e. The van der Waals surface area contributed by atoms with E-state index in [0.29, 0.717) is 43.8 Å². The average molecular weight is 477 g/mol. The van der Waals surface area contributed by atoms with Crippen molar-refractivity contribution in [1.29, 1.82) is 0 Å². The summed E-state index contributed by atoms with van der Waals surface area (Å²) in [7, 11) is 0. The van der Waals surface area contributed by atoms with Gasteiger partial charge in [-0.05, 0) is 60.6 Å². The predicted molar refractivity (Wildman–Crippen MR) is 118 cm³/mol. The topological polar surface area (TPSA) is 81.8 Å². The van der Waals surface area contributed by atoms with Crippen LogP contribution in [0.4, 0.5) is 13.2 Å². The van der Waals surface area contributed by atoms with Crippen molar-refractivity contribution in [3.05, 3.63) is 52.7 Å². The minimum absolute atomic E-state index is 0.0566. The first-order valence-corrected chi connectivity index (χ1v) is 11.4. The van der Waals surface area contributed by atoms with Crippen molar-refractivity contribution < 1.29 is 37.1 Å². The number of aliphatic carboxylic acids is 1. The molecule has 0 spiro atoms. The van der Waals surface area contributed by atoms with E-state index in [0.717, 1.165) is 29.7 Å². The van der Waals surface area contributed by atoms with Crippen molar-refractivity contribution >= 4 is 16.9 Å². The van der Waals surface area contributed by atoms with Crippen molar-refractivity contribution in [2.24, 2.45) is 0 Å². The van der Waals surface area contributed by atoms with Gasteiger partial charge in [0.05, 0.1) is 25.0 Å². The monoisotopic (exact) mass is 477 g/mol. The number of fused-ring (bicyclic) bond motifs is 2. The van der Waals surface area contributed by atoms with Crippen LogP contribution in [0.5, 0.6) is 11.5 Å². The Bertz CT molecular complexity index is 1170. The van der Waals surface area contributed by atoms with E-state index < -0.39 is 17.8 Å². The highest BCUT2D eigenvalue weighted by molar-refractivity contribution is 5.85. The normalized spacial score (nSPS) is 15.5. The molecule has 4 rings (SSSR count). The third-order valence-corrected chi connectivity index (χ3v) is 6.02. The Kier molecular flexibility index (Phi) is 7.00. The van der Waals surface area contributed by atoms with Gasteiger partial charge < -0.3 is 19.1 Å². The molecule has 1 atom stereocenters. The van der Waals surface area contributed by atoms with E-state index in [1.165, 1.54) is 12.1 Å². The van der Waals surface area contributed by atoms with Crippen LogP contribution in [0.1, 0.15) is 60.9 Å². The summed E-state index contributed by atoms with van der Waals surface area (Å²) in [6.07, 6.45) is -0.968. The molecule has 0 radical (unpaired) electrons. The van der Waals surface area contributed by atoms with Gasteiger partial charge in [-0.1, -0.05) is 24.6 Å². The molecular weight excluding hydrogens is 451 g/mol. The highest BCUT2D eigenvalue weighted by Gasteiger charge is 2.37. The summed E-state index contributed by atoms with van der Waals surface area (Å²) in [6, 6.07) is 8.64. The molecule has 9 heteroatoms. The number of carboxylic acids is 1. The van der Waals surface area contributed by atoms with E-state index in [-0.39, 0.29) is 23.3 Å². The van der Waals surface area contributed by atoms with Gasteiger partial charge in [0.15, 0.2) is 11.3 Å². The van der Waals surface area contributed by atoms with Gasteiger partial charge in [0.25, 0.3) is 0 Å². The van der Waals surface area contributed by atoms with Gasteiger partial charge in [-0.2, -0.15) is 13.2 Å². The van der Waals surface area contributed by atoms with Crippen LogP contribution in [0.3, 0.4) is 0 Å². The number of rotatable bonds is 10. The number of carboxylic acid groups (broad SMARTS) is 1. The number of aromatic nitrogens is 1. The minimum atomic E-state index is -4.58. The number of hydrogen-bond donors (Lipinski definition) is 1. The van der Waals surface area contributed by atoms with Crippen molar-refractivity contribution in [3.8, 4) is 11.5 Å². The van der Waals surface area contributed by atoms with Crippen LogP contribution in [0, 0.1) is 0 Å². The maximum atomic E-state index is 13.1. The molecule has 0 saturated carbocycles. The van der Waals surface area contributed by atoms with E-state index in [2.05, 4.69) is 5.16 Å². The van der Waals surface area contributed by atoms with Crippen LogP contribution >= 0.6 is 0 Å². The molecule has 0 fully saturated rings. The Labute approximate surface area is 194 Å². The molecule has 0 unspecified atom stereocenters. The number of benzene rings is 2. The Balaban J connectivity index is 1.34. The molecule has 6 nitrogen and oxygen atoms in total. The lowest BCUT2D eigenvalue weighted by Gasteiger charge is -2.13. The van der Waals surface area contributed by atoms with E-state index in [4.69, 9.17) is 19.1 Å². The Morgan fingerprint density at radius 1 is 1.21 bits per heavy atom. The van der Waals surface area contributed by atoms with E-state index in [1.54, 1.807) is 0 Å². The van der Waals surface area contributed by atoms with Gasteiger partial charge in [0.1, 0.15) is 11.5 Å². The molecule has 2 aromatic carbocycles. The predicted octanol–water partition coefficient (Wildman–Crippen LogP) is 6.15. The molecule has 1 aliphatic carbocycles. The van der Waals surface area contributed by atoms with Crippen LogP contribution in [-0.2, 0) is 23.8 Å². The number of hydrogen-bond acceptors (Lipinski definition) is 5. The van der Waals surface area contributed by atoms with Gasteiger partial charge in [-0.3, -0.25) is 4.79 Å². The van der Waals surface area contributed by atoms with Gasteiger partial charge in [-0.15, -0.1) is 0 Å². The van der Waals surface area contributed by atoms with Gasteiger partial charge in [0.2, 0.25) is 0 Å². The maximum absolute atomic E-state index is 13.1. The quantitative estimate of drug-likeness (QED) is 0.353. The van der Waals surface area contributed by atoms with E-state index >= 15 is 0 Å². The third-order valence-electron chi connectivity index (χ3n) is 6.02. The lowest BCUT2D eigenvalue weighted by atomic mass is 9.98. The molecule has 34 heavy (non-hydrogen) atoms. The zero-order valence-electron chi connectivity index (χ0n) is 18.8. The molecule has 182 valence electrons. The smallest absolute Gasteiger partial charge is 0.437 e. The zero-order valence-corrected chi connectivity index (χ0v) is 18.8. The molecule has 0 bridgehead atoms. The first kappa shape index (κ1) is 23.9. The zero-order chi connectivity index (χ0) is 24.3. The van der Waals surface area contributed by atoms with Crippen LogP contribution < -0.4 is 9.47 Å². The second kappa shape index (κ2) is 9.95. The maximum Gasteiger partial charge on any atom is 0.437 e. The Hall–Kier alpha value is -3.23. The lowest BCUT2D eigenvalue weighted by molar-refractivity contribution is -0.141. The van der Waals surface area contributed by atoms with Gasteiger partial charge >= 0.3 is 12.1 Å². The fourth-order valence-corrected chi connectivity index (χ4v) is 4.49. The van der Waals surface area contributed by atoms with Crippen molar-refractivity contribution in [2.75, 3.05) is 13.2 Å². The van der Waals surface area contributed by atoms with Gasteiger partial charge in [-0.25, -0.2) is 0 Å². The number of nitrogens with zero attached hydrogens (tertiary/aromatic N) is 1. The van der Waals surface area contributed by atoms with E-state index in [9.17, 15) is 18.0 Å². The Morgan fingerprint density at radius 3 is 2.74 bits per heavy atom. The third kappa shape index (κ3) is 5.13. The summed E-state index contributed by atoms with van der Waals surface area (Å²) >= 11 is 0. The lowest BCUT2D eigenvalue weighted by Crippen LogP contribution is -2.07. The summed E-state index contributed by atoms with van der Waals surface area (Å²) in [5, 5.41) is 12.2. The van der Waals surface area contributed by atoms with Crippen LogP contribution in [0.25, 0.3) is 11.0 Å². The molecule has 3 aromatic rings. The molecule has 0 aliphatic heterocycles. The second-order valence-corrected chi connectivity index (χ2v) is 8.44. The summed E-state index contributed by atoms with van der Waals surface area (Å²) in [5.74, 6) is 0.482. The summed E-state index contributed by atoms with van der Waals surface area (Å²) in [4.78, 5) is 11.0. The fourth-order valence-electron chi connectivity index (χ4n) is 4.49. The molecule has 1 heterocycles. The van der Waals surface area contributed by atoms with Crippen LogP contribution in [0.15, 0.2) is 34.9 Å². The average Bonchev–Trinajstić information content (AvgIpc) is 3.38. The standard InChI is InChI=1S/C25H26F3NO5/c1-2-4-19-21(10-9-20-23(19)34-29-24(20)25(26,27)28)33-12-3-11-32-17-7-8-18-15(13-17)5-6-16(18)14-22(30)31/h7-10,13,16H,2-6,11-12,14H2,1H3,(H,30,31)/t16-/m0/s1. The highest BCUT2D eigenvalue weighted by atomic mass is 19.4. The highest BCUT2D eigenvalue weighted by Crippen LogP contribution is 2.39. The number of alkyl halides is 3.